The summed E-state index contributed by atoms with van der Waals surface area (Å²) in [7, 11) is 1.64. The van der Waals surface area contributed by atoms with Crippen LogP contribution in [-0.4, -0.2) is 54.5 Å². The van der Waals surface area contributed by atoms with Gasteiger partial charge in [0.15, 0.2) is 0 Å². The van der Waals surface area contributed by atoms with Crippen LogP contribution in [0, 0.1) is 5.41 Å². The number of anilines is 1. The first kappa shape index (κ1) is 54.4. The van der Waals surface area contributed by atoms with Crippen molar-refractivity contribution in [2.24, 2.45) is 5.41 Å². The predicted octanol–water partition coefficient (Wildman–Crippen LogP) is 14.4. The third-order valence-corrected chi connectivity index (χ3v) is 18.7. The highest BCUT2D eigenvalue weighted by molar-refractivity contribution is 6.55. The summed E-state index contributed by atoms with van der Waals surface area (Å²) in [5.74, 6) is 3.30. The molecule has 4 fully saturated rings. The number of alkyl halides is 5. The van der Waals surface area contributed by atoms with Gasteiger partial charge in [-0.05, 0) is 117 Å². The fourth-order valence-electron chi connectivity index (χ4n) is 11.7. The average Bonchev–Trinajstić information content (AvgIpc) is 2.98. The summed E-state index contributed by atoms with van der Waals surface area (Å²) in [6, 6.07) is 80.7. The van der Waals surface area contributed by atoms with Crippen molar-refractivity contribution in [3.8, 4) is 28.7 Å². The van der Waals surface area contributed by atoms with Gasteiger partial charge < -0.3 is 28.6 Å². The predicted molar refractivity (Wildman–Crippen MR) is 327 cm³/mol. The lowest BCUT2D eigenvalue weighted by atomic mass is 9.90. The first-order valence-electron chi connectivity index (χ1n) is 27.2. The lowest BCUT2D eigenvalue weighted by Crippen LogP contribution is -2.45. The van der Waals surface area contributed by atoms with Crippen molar-refractivity contribution in [2.75, 3.05) is 38.4 Å². The van der Waals surface area contributed by atoms with Gasteiger partial charge in [-0.15, -0.1) is 34.8 Å². The monoisotopic (exact) mass is 1180 g/mol. The van der Waals surface area contributed by atoms with E-state index in [4.69, 9.17) is 81.7 Å². The van der Waals surface area contributed by atoms with E-state index in [9.17, 15) is 0 Å². The third kappa shape index (κ3) is 9.59. The van der Waals surface area contributed by atoms with Crippen LogP contribution in [0.2, 0.25) is 0 Å². The van der Waals surface area contributed by atoms with Crippen molar-refractivity contribution < 1.29 is 23.7 Å². The zero-order valence-corrected chi connectivity index (χ0v) is 48.3. The maximum atomic E-state index is 7.39. The van der Waals surface area contributed by atoms with Crippen molar-refractivity contribution in [1.82, 2.24) is 16.0 Å². The van der Waals surface area contributed by atoms with Gasteiger partial charge in [0.05, 0.1) is 7.11 Å². The Morgan fingerprint density at radius 1 is 0.354 bits per heavy atom. The standard InChI is InChI=1S/C68H57Cl5N4O5/c1-78-55-40-30-54(31-41-55)77-67(68(77,72)73,52-20-12-5-13-21-52)53-28-38-59(39-29-53)82-45-63(42-79-56-32-22-49(23-33-56)64(60(69)74-64)46-14-6-2-7-15-46,43-80-57-34-24-50(25-35-57)65(61(70)75-65)47-16-8-3-9-17-47)44-81-58-36-26-51(27-37-58)66(62(71)76-66)48-18-10-4-11-19-48/h2-41,60-62,74-76H,42-45H2,1H3. The Morgan fingerprint density at radius 2 is 0.598 bits per heavy atom. The number of hydrogen-bond donors (Lipinski definition) is 3. The zero-order chi connectivity index (χ0) is 56.2. The van der Waals surface area contributed by atoms with E-state index in [-0.39, 0.29) is 42.9 Å². The summed E-state index contributed by atoms with van der Waals surface area (Å²) in [4.78, 5) is 2.01. The van der Waals surface area contributed by atoms with E-state index in [1.807, 2.05) is 175 Å². The molecule has 7 unspecified atom stereocenters. The molecule has 9 aromatic carbocycles. The van der Waals surface area contributed by atoms with Crippen molar-refractivity contribution in [1.29, 1.82) is 0 Å². The molecule has 3 N–H and O–H groups in total. The van der Waals surface area contributed by atoms with E-state index in [0.717, 1.165) is 55.9 Å². The molecule has 0 radical (unpaired) electrons. The third-order valence-electron chi connectivity index (χ3n) is 16.5. The van der Waals surface area contributed by atoms with Crippen molar-refractivity contribution in [3.63, 3.8) is 0 Å². The number of ether oxygens (including phenoxy) is 5. The number of hydrogen-bond acceptors (Lipinski definition) is 9. The highest BCUT2D eigenvalue weighted by Gasteiger charge is 2.76. The minimum atomic E-state index is -1.32. The van der Waals surface area contributed by atoms with Crippen LogP contribution >= 0.6 is 58.0 Å². The Hall–Kier alpha value is -6.89. The summed E-state index contributed by atoms with van der Waals surface area (Å²) in [5.41, 5.74) is 4.86. The fourth-order valence-corrected chi connectivity index (χ4v) is 14.0. The zero-order valence-electron chi connectivity index (χ0n) is 44.5. The molecule has 0 amide bonds. The van der Waals surface area contributed by atoms with Crippen LogP contribution in [0.5, 0.6) is 28.7 Å². The molecule has 7 atom stereocenters. The molecule has 0 aromatic heterocycles. The topological polar surface area (TPSA) is 115 Å². The summed E-state index contributed by atoms with van der Waals surface area (Å²) in [6.07, 6.45) is 0. The molecule has 9 nitrogen and oxygen atoms in total. The van der Waals surface area contributed by atoms with Crippen molar-refractivity contribution in [3.05, 3.63) is 287 Å². The Bertz CT molecular complexity index is 3400. The number of benzene rings is 9. The van der Waals surface area contributed by atoms with Crippen LogP contribution in [0.1, 0.15) is 44.5 Å². The molecule has 4 heterocycles. The van der Waals surface area contributed by atoms with E-state index < -0.39 is 32.0 Å². The molecule has 4 aliphatic rings. The second-order valence-electron chi connectivity index (χ2n) is 21.4. The average molecular weight is 1190 g/mol. The molecule has 82 heavy (non-hydrogen) atoms. The van der Waals surface area contributed by atoms with Gasteiger partial charge in [-0.3, -0.25) is 16.0 Å². The van der Waals surface area contributed by atoms with Gasteiger partial charge in [0, 0.05) is 5.69 Å². The maximum absolute atomic E-state index is 7.39. The van der Waals surface area contributed by atoms with Crippen LogP contribution in [-0.2, 0) is 22.2 Å². The Labute approximate surface area is 502 Å². The van der Waals surface area contributed by atoms with E-state index in [2.05, 4.69) is 88.7 Å². The first-order chi connectivity index (χ1) is 39.9. The van der Waals surface area contributed by atoms with Crippen molar-refractivity contribution in [2.45, 2.75) is 43.1 Å². The minimum absolute atomic E-state index is 0.121. The van der Waals surface area contributed by atoms with Gasteiger partial charge in [0.1, 0.15) is 99.2 Å². The number of nitrogens with zero attached hydrogens (tertiary/aromatic N) is 1. The molecule has 9 aromatic rings. The molecule has 0 bridgehead atoms. The molecule has 0 saturated carbocycles. The van der Waals surface area contributed by atoms with Gasteiger partial charge in [-0.1, -0.05) is 193 Å². The molecule has 414 valence electrons. The SMILES string of the molecule is COc1ccc(N2C(Cl)(Cl)C2(c2ccccc2)c2ccc(OCC(COc3ccc(C4(c5ccccc5)NC4Cl)cc3)(COc3ccc(C4(c5ccccc5)NC4Cl)cc3)COc3ccc(C4(c5ccccc5)NC4Cl)cc3)cc2)cc1. The molecule has 0 spiro atoms. The molecule has 13 rings (SSSR count). The molecular weight excluding hydrogens is 1130 g/mol. The van der Waals surface area contributed by atoms with Crippen LogP contribution in [0.3, 0.4) is 0 Å². The smallest absolute Gasteiger partial charge is 0.223 e. The normalized spacial score (nSPS) is 25.2. The lowest BCUT2D eigenvalue weighted by Gasteiger charge is -2.33. The Kier molecular flexibility index (Phi) is 14.4. The summed E-state index contributed by atoms with van der Waals surface area (Å²) in [6.45, 7) is 0.537. The molecule has 14 heteroatoms. The lowest BCUT2D eigenvalue weighted by molar-refractivity contribution is -0.00353. The van der Waals surface area contributed by atoms with E-state index >= 15 is 0 Å². The van der Waals surface area contributed by atoms with Gasteiger partial charge in [-0.25, -0.2) is 0 Å². The van der Waals surface area contributed by atoms with Crippen molar-refractivity contribution >= 4 is 63.7 Å². The Morgan fingerprint density at radius 3 is 0.878 bits per heavy atom. The molecule has 0 aliphatic carbocycles. The van der Waals surface area contributed by atoms with Crippen LogP contribution < -0.4 is 44.5 Å². The van der Waals surface area contributed by atoms with Gasteiger partial charge >= 0.3 is 0 Å². The van der Waals surface area contributed by atoms with Crippen LogP contribution in [0.25, 0.3) is 0 Å². The fraction of sp³-hybridized carbons (Fsp3) is 0.206. The summed E-state index contributed by atoms with van der Waals surface area (Å²) in [5, 5.41) is 10.4. The summed E-state index contributed by atoms with van der Waals surface area (Å²) < 4.78 is 31.6. The minimum Gasteiger partial charge on any atom is -0.497 e. The van der Waals surface area contributed by atoms with Crippen LogP contribution in [0.15, 0.2) is 243 Å². The number of halogens is 5. The quantitative estimate of drug-likeness (QED) is 0.0347. The first-order valence-corrected chi connectivity index (χ1v) is 29.2. The molecule has 4 aliphatic heterocycles. The second-order valence-corrected chi connectivity index (χ2v) is 24.0. The van der Waals surface area contributed by atoms with E-state index in [1.54, 1.807) is 7.11 Å². The summed E-state index contributed by atoms with van der Waals surface area (Å²) >= 11 is 35.3. The molecule has 4 saturated heterocycles. The van der Waals surface area contributed by atoms with Gasteiger partial charge in [-0.2, -0.15) is 0 Å². The van der Waals surface area contributed by atoms with Gasteiger partial charge in [0.25, 0.3) is 0 Å². The van der Waals surface area contributed by atoms with E-state index in [1.165, 1.54) is 0 Å². The van der Waals surface area contributed by atoms with E-state index in [0.29, 0.717) is 23.0 Å². The number of rotatable bonds is 22. The van der Waals surface area contributed by atoms with Crippen LogP contribution in [0.4, 0.5) is 5.69 Å². The van der Waals surface area contributed by atoms with Gasteiger partial charge in [0.2, 0.25) is 4.46 Å². The highest BCUT2D eigenvalue weighted by atomic mass is 35.5. The number of methoxy groups -OCH3 is 1. The Balaban J connectivity index is 0.825. The number of nitrogens with one attached hydrogen (secondary N) is 3. The maximum Gasteiger partial charge on any atom is 0.223 e. The molecular formula is C68H57Cl5N4O5. The largest absolute Gasteiger partial charge is 0.497 e. The second kappa shape index (κ2) is 21.7. The highest BCUT2D eigenvalue weighted by Crippen LogP contribution is 2.69.